The van der Waals surface area contributed by atoms with Crippen molar-refractivity contribution in [1.29, 1.82) is 0 Å². The average Bonchev–Trinajstić information content (AvgIpc) is 2.94. The number of anilines is 2. The van der Waals surface area contributed by atoms with E-state index >= 15 is 0 Å². The lowest BCUT2D eigenvalue weighted by molar-refractivity contribution is 0.627. The van der Waals surface area contributed by atoms with Crippen molar-refractivity contribution in [2.24, 2.45) is 0 Å². The second kappa shape index (κ2) is 5.42. The SMILES string of the molecule is CNc1nc(NCc2ccc(F)cc2)c2ccsc2n1. The molecule has 0 saturated carbocycles. The summed E-state index contributed by atoms with van der Waals surface area (Å²) < 4.78 is 12.9. The number of benzene rings is 1. The second-order valence-corrected chi connectivity index (χ2v) is 5.16. The van der Waals surface area contributed by atoms with E-state index in [2.05, 4.69) is 20.6 Å². The van der Waals surface area contributed by atoms with Crippen LogP contribution in [-0.2, 0) is 6.54 Å². The molecule has 3 rings (SSSR count). The predicted octanol–water partition coefficient (Wildman–Crippen LogP) is 3.48. The lowest BCUT2D eigenvalue weighted by Crippen LogP contribution is -2.04. The van der Waals surface area contributed by atoms with Gasteiger partial charge in [0.05, 0.1) is 5.39 Å². The Balaban J connectivity index is 1.86. The molecule has 102 valence electrons. The number of hydrogen-bond acceptors (Lipinski definition) is 5. The van der Waals surface area contributed by atoms with Gasteiger partial charge in [0.2, 0.25) is 5.95 Å². The third kappa shape index (κ3) is 2.55. The zero-order valence-corrected chi connectivity index (χ0v) is 11.7. The lowest BCUT2D eigenvalue weighted by Gasteiger charge is -2.08. The van der Waals surface area contributed by atoms with Gasteiger partial charge in [-0.3, -0.25) is 0 Å². The zero-order valence-electron chi connectivity index (χ0n) is 10.9. The standard InChI is InChI=1S/C14H13FN4S/c1-16-14-18-12(11-6-7-20-13(11)19-14)17-8-9-2-4-10(15)5-3-9/h2-7H,8H2,1H3,(H2,16,17,18,19). The first-order chi connectivity index (χ1) is 9.76. The molecule has 0 amide bonds. The molecule has 0 bridgehead atoms. The van der Waals surface area contributed by atoms with Crippen LogP contribution >= 0.6 is 11.3 Å². The van der Waals surface area contributed by atoms with Crippen molar-refractivity contribution in [3.63, 3.8) is 0 Å². The summed E-state index contributed by atoms with van der Waals surface area (Å²) in [6.45, 7) is 0.589. The van der Waals surface area contributed by atoms with Crippen LogP contribution in [0, 0.1) is 5.82 Å². The molecule has 0 fully saturated rings. The molecule has 0 saturated heterocycles. The molecule has 0 radical (unpaired) electrons. The molecule has 2 N–H and O–H groups in total. The third-order valence-corrected chi connectivity index (χ3v) is 3.73. The molecule has 4 nitrogen and oxygen atoms in total. The van der Waals surface area contributed by atoms with Crippen molar-refractivity contribution >= 4 is 33.3 Å². The maximum absolute atomic E-state index is 12.9. The monoisotopic (exact) mass is 288 g/mol. The largest absolute Gasteiger partial charge is 0.365 e. The first kappa shape index (κ1) is 12.8. The average molecular weight is 288 g/mol. The van der Waals surface area contributed by atoms with Gasteiger partial charge in [0.1, 0.15) is 16.5 Å². The number of nitrogens with zero attached hydrogens (tertiary/aromatic N) is 2. The molecule has 0 atom stereocenters. The molecule has 0 aliphatic rings. The molecule has 1 aromatic carbocycles. The zero-order chi connectivity index (χ0) is 13.9. The van der Waals surface area contributed by atoms with Gasteiger partial charge in [-0.2, -0.15) is 4.98 Å². The van der Waals surface area contributed by atoms with Crippen LogP contribution in [-0.4, -0.2) is 17.0 Å². The summed E-state index contributed by atoms with van der Waals surface area (Å²) in [4.78, 5) is 9.75. The minimum atomic E-state index is -0.228. The van der Waals surface area contributed by atoms with Crippen molar-refractivity contribution in [3.8, 4) is 0 Å². The summed E-state index contributed by atoms with van der Waals surface area (Å²) in [5.41, 5.74) is 0.999. The van der Waals surface area contributed by atoms with Crippen LogP contribution < -0.4 is 10.6 Å². The van der Waals surface area contributed by atoms with E-state index in [9.17, 15) is 4.39 Å². The number of hydrogen-bond donors (Lipinski definition) is 2. The normalized spacial score (nSPS) is 10.7. The maximum Gasteiger partial charge on any atom is 0.225 e. The Morgan fingerprint density at radius 1 is 1.15 bits per heavy atom. The molecule has 3 aromatic rings. The Bertz CT molecular complexity index is 724. The summed E-state index contributed by atoms with van der Waals surface area (Å²) in [5.74, 6) is 1.14. The molecular weight excluding hydrogens is 275 g/mol. The molecular formula is C14H13FN4S. The lowest BCUT2D eigenvalue weighted by atomic mass is 10.2. The first-order valence-corrected chi connectivity index (χ1v) is 7.05. The summed E-state index contributed by atoms with van der Waals surface area (Å²) in [5, 5.41) is 9.21. The molecule has 0 aliphatic carbocycles. The van der Waals surface area contributed by atoms with Crippen LogP contribution in [0.15, 0.2) is 35.7 Å². The van der Waals surface area contributed by atoms with E-state index < -0.39 is 0 Å². The van der Waals surface area contributed by atoms with Crippen molar-refractivity contribution in [3.05, 3.63) is 47.1 Å². The Hall–Kier alpha value is -2.21. The Kier molecular flexibility index (Phi) is 3.47. The fraction of sp³-hybridized carbons (Fsp3) is 0.143. The van der Waals surface area contributed by atoms with Gasteiger partial charge in [-0.25, -0.2) is 9.37 Å². The van der Waals surface area contributed by atoms with Crippen molar-refractivity contribution in [2.75, 3.05) is 17.7 Å². The van der Waals surface area contributed by atoms with E-state index in [1.54, 1.807) is 30.5 Å². The number of thiophene rings is 1. The highest BCUT2D eigenvalue weighted by atomic mass is 32.1. The molecule has 2 aromatic heterocycles. The second-order valence-electron chi connectivity index (χ2n) is 4.27. The van der Waals surface area contributed by atoms with Crippen molar-refractivity contribution in [2.45, 2.75) is 6.54 Å². The van der Waals surface area contributed by atoms with Gasteiger partial charge in [0, 0.05) is 13.6 Å². The first-order valence-electron chi connectivity index (χ1n) is 6.17. The van der Waals surface area contributed by atoms with E-state index in [0.717, 1.165) is 21.6 Å². The van der Waals surface area contributed by atoms with Crippen LogP contribution in [0.3, 0.4) is 0 Å². The summed E-state index contributed by atoms with van der Waals surface area (Å²) in [6, 6.07) is 8.42. The smallest absolute Gasteiger partial charge is 0.225 e. The van der Waals surface area contributed by atoms with E-state index in [1.807, 2.05) is 11.4 Å². The van der Waals surface area contributed by atoms with Crippen LogP contribution in [0.5, 0.6) is 0 Å². The number of rotatable bonds is 4. The highest BCUT2D eigenvalue weighted by Crippen LogP contribution is 2.26. The highest BCUT2D eigenvalue weighted by molar-refractivity contribution is 7.16. The van der Waals surface area contributed by atoms with E-state index in [1.165, 1.54) is 12.1 Å². The van der Waals surface area contributed by atoms with Crippen LogP contribution in [0.2, 0.25) is 0 Å². The third-order valence-electron chi connectivity index (χ3n) is 2.92. The van der Waals surface area contributed by atoms with E-state index in [-0.39, 0.29) is 5.82 Å². The van der Waals surface area contributed by atoms with Gasteiger partial charge in [-0.15, -0.1) is 11.3 Å². The predicted molar refractivity (Wildman–Crippen MR) is 80.7 cm³/mol. The van der Waals surface area contributed by atoms with E-state index in [4.69, 9.17) is 0 Å². The van der Waals surface area contributed by atoms with Gasteiger partial charge in [-0.1, -0.05) is 12.1 Å². The number of halogens is 1. The minimum absolute atomic E-state index is 0.228. The van der Waals surface area contributed by atoms with E-state index in [0.29, 0.717) is 12.5 Å². The Morgan fingerprint density at radius 2 is 1.95 bits per heavy atom. The summed E-state index contributed by atoms with van der Waals surface area (Å²) in [7, 11) is 1.79. The van der Waals surface area contributed by atoms with Crippen LogP contribution in [0.1, 0.15) is 5.56 Å². The van der Waals surface area contributed by atoms with Crippen molar-refractivity contribution in [1.82, 2.24) is 9.97 Å². The van der Waals surface area contributed by atoms with Gasteiger partial charge >= 0.3 is 0 Å². The molecule has 0 unspecified atom stereocenters. The van der Waals surface area contributed by atoms with Gasteiger partial charge in [0.25, 0.3) is 0 Å². The highest BCUT2D eigenvalue weighted by Gasteiger charge is 2.07. The van der Waals surface area contributed by atoms with Gasteiger partial charge in [0.15, 0.2) is 0 Å². The van der Waals surface area contributed by atoms with Gasteiger partial charge in [-0.05, 0) is 29.1 Å². The maximum atomic E-state index is 12.9. The summed E-state index contributed by atoms with van der Waals surface area (Å²) >= 11 is 1.57. The molecule has 20 heavy (non-hydrogen) atoms. The van der Waals surface area contributed by atoms with Crippen LogP contribution in [0.25, 0.3) is 10.2 Å². The molecule has 0 aliphatic heterocycles. The van der Waals surface area contributed by atoms with Gasteiger partial charge < -0.3 is 10.6 Å². The minimum Gasteiger partial charge on any atom is -0.365 e. The molecule has 2 heterocycles. The van der Waals surface area contributed by atoms with Crippen LogP contribution in [0.4, 0.5) is 16.2 Å². The number of nitrogens with one attached hydrogen (secondary N) is 2. The fourth-order valence-electron chi connectivity index (χ4n) is 1.89. The Labute approximate surface area is 119 Å². The number of aromatic nitrogens is 2. The fourth-order valence-corrected chi connectivity index (χ4v) is 2.65. The molecule has 0 spiro atoms. The quantitative estimate of drug-likeness (QED) is 0.771. The topological polar surface area (TPSA) is 49.8 Å². The Morgan fingerprint density at radius 3 is 2.70 bits per heavy atom. The summed E-state index contributed by atoms with van der Waals surface area (Å²) in [6.07, 6.45) is 0. The molecule has 6 heteroatoms. The number of fused-ring (bicyclic) bond motifs is 1. The van der Waals surface area contributed by atoms with Crippen molar-refractivity contribution < 1.29 is 4.39 Å².